The van der Waals surface area contributed by atoms with Crippen molar-refractivity contribution in [2.45, 2.75) is 38.9 Å². The van der Waals surface area contributed by atoms with E-state index < -0.39 is 17.6 Å². The standard InChI is InChI=1S/C29H27F3N6O3/c1-2-22-24(21-5-3-4-17-10-13-33-25(17)21)27(40)38-28(35-26(36-38)18-11-14-41-15-12-18)37(22)16-23(39)34-20-8-6-19(7-9-20)29(30,31)32/h3-9,11,33H,2,10,12-16H2,1H3,(H,34,39). The minimum Gasteiger partial charge on any atom is -0.384 e. The summed E-state index contributed by atoms with van der Waals surface area (Å²) in [6.07, 6.45) is -0.769. The van der Waals surface area contributed by atoms with Crippen LogP contribution in [-0.4, -0.2) is 44.8 Å². The van der Waals surface area contributed by atoms with E-state index in [1.165, 1.54) is 16.6 Å². The van der Waals surface area contributed by atoms with E-state index in [4.69, 9.17) is 4.74 Å². The average Bonchev–Trinajstić information content (AvgIpc) is 3.63. The van der Waals surface area contributed by atoms with Crippen molar-refractivity contribution in [2.75, 3.05) is 30.4 Å². The molecule has 4 heterocycles. The summed E-state index contributed by atoms with van der Waals surface area (Å²) in [6.45, 7) is 3.34. The van der Waals surface area contributed by atoms with Crippen molar-refractivity contribution in [3.63, 3.8) is 0 Å². The van der Waals surface area contributed by atoms with Gasteiger partial charge in [-0.25, -0.2) is 0 Å². The van der Waals surface area contributed by atoms with Crippen LogP contribution in [0.4, 0.5) is 24.5 Å². The molecule has 0 fully saturated rings. The van der Waals surface area contributed by atoms with Gasteiger partial charge in [0.2, 0.25) is 11.7 Å². The lowest BCUT2D eigenvalue weighted by Gasteiger charge is -2.19. The summed E-state index contributed by atoms with van der Waals surface area (Å²) in [5.74, 6) is 0.112. The summed E-state index contributed by atoms with van der Waals surface area (Å²) in [4.78, 5) is 32.0. The highest BCUT2D eigenvalue weighted by molar-refractivity contribution is 5.91. The fourth-order valence-corrected chi connectivity index (χ4v) is 5.40. The number of anilines is 2. The van der Waals surface area contributed by atoms with Crippen molar-refractivity contribution in [3.8, 4) is 11.1 Å². The zero-order valence-electron chi connectivity index (χ0n) is 22.2. The molecule has 0 bridgehead atoms. The fourth-order valence-electron chi connectivity index (χ4n) is 5.40. The number of aromatic nitrogens is 4. The van der Waals surface area contributed by atoms with Crippen LogP contribution in [0, 0.1) is 0 Å². The number of halogens is 3. The summed E-state index contributed by atoms with van der Waals surface area (Å²) in [7, 11) is 0. The Balaban J connectivity index is 1.47. The molecule has 2 aromatic carbocycles. The lowest BCUT2D eigenvalue weighted by molar-refractivity contribution is -0.137. The average molecular weight is 565 g/mol. The van der Waals surface area contributed by atoms with Gasteiger partial charge in [0, 0.05) is 29.2 Å². The van der Waals surface area contributed by atoms with Crippen LogP contribution in [0.15, 0.2) is 53.3 Å². The SMILES string of the molecule is CCc1c(-c2cccc3c2NCC3)c(=O)n2nc(C3=CCOCC3)nc2n1CC(=O)Nc1ccc(C(F)(F)F)cc1. The van der Waals surface area contributed by atoms with E-state index in [0.29, 0.717) is 43.1 Å². The second-order valence-corrected chi connectivity index (χ2v) is 9.91. The van der Waals surface area contributed by atoms with Gasteiger partial charge in [-0.05, 0) is 54.7 Å². The molecule has 2 aliphatic rings. The molecule has 41 heavy (non-hydrogen) atoms. The number of rotatable bonds is 6. The van der Waals surface area contributed by atoms with Crippen LogP contribution >= 0.6 is 0 Å². The number of benzene rings is 2. The maximum atomic E-state index is 14.0. The third kappa shape index (κ3) is 4.99. The molecule has 0 radical (unpaired) electrons. The minimum absolute atomic E-state index is 0.209. The number of nitrogens with one attached hydrogen (secondary N) is 2. The van der Waals surface area contributed by atoms with Crippen LogP contribution in [0.2, 0.25) is 0 Å². The lowest BCUT2D eigenvalue weighted by atomic mass is 9.99. The quantitative estimate of drug-likeness (QED) is 0.356. The van der Waals surface area contributed by atoms with Gasteiger partial charge in [0.05, 0.1) is 24.3 Å². The minimum atomic E-state index is -4.48. The number of hydrogen-bond acceptors (Lipinski definition) is 6. The Morgan fingerprint density at radius 2 is 1.95 bits per heavy atom. The Morgan fingerprint density at radius 3 is 2.66 bits per heavy atom. The van der Waals surface area contributed by atoms with Gasteiger partial charge in [-0.15, -0.1) is 5.10 Å². The molecule has 6 rings (SSSR count). The summed E-state index contributed by atoms with van der Waals surface area (Å²) < 4.78 is 47.3. The molecule has 2 aromatic heterocycles. The first kappa shape index (κ1) is 26.8. The van der Waals surface area contributed by atoms with E-state index in [1.54, 1.807) is 4.57 Å². The van der Waals surface area contributed by atoms with E-state index in [2.05, 4.69) is 20.7 Å². The largest absolute Gasteiger partial charge is 0.416 e. The number of amides is 1. The van der Waals surface area contributed by atoms with Crippen LogP contribution in [-0.2, 0) is 35.1 Å². The first-order valence-electron chi connectivity index (χ1n) is 13.4. The molecule has 12 heteroatoms. The number of hydrogen-bond donors (Lipinski definition) is 2. The maximum absolute atomic E-state index is 14.0. The summed E-state index contributed by atoms with van der Waals surface area (Å²) in [5.41, 5.74) is 3.65. The van der Waals surface area contributed by atoms with Gasteiger partial charge in [-0.3, -0.25) is 9.59 Å². The molecule has 2 aliphatic heterocycles. The van der Waals surface area contributed by atoms with Crippen molar-refractivity contribution < 1.29 is 22.7 Å². The molecule has 0 spiro atoms. The number of ether oxygens (including phenoxy) is 1. The van der Waals surface area contributed by atoms with Crippen LogP contribution in [0.1, 0.15) is 36.0 Å². The third-order valence-electron chi connectivity index (χ3n) is 7.35. The first-order chi connectivity index (χ1) is 19.7. The van der Waals surface area contributed by atoms with Gasteiger partial charge in [0.15, 0.2) is 5.82 Å². The van der Waals surface area contributed by atoms with Gasteiger partial charge in [-0.2, -0.15) is 22.7 Å². The van der Waals surface area contributed by atoms with Crippen LogP contribution in [0.3, 0.4) is 0 Å². The molecule has 4 aromatic rings. The van der Waals surface area contributed by atoms with Gasteiger partial charge < -0.3 is 19.9 Å². The number of carbonyl (C=O) groups is 1. The fraction of sp³-hybridized carbons (Fsp3) is 0.310. The van der Waals surface area contributed by atoms with Crippen molar-refractivity contribution >= 4 is 28.6 Å². The Bertz CT molecular complexity index is 1740. The Kier molecular flexibility index (Phi) is 6.86. The number of carbonyl (C=O) groups excluding carboxylic acids is 1. The normalized spacial score (nSPS) is 15.0. The Morgan fingerprint density at radius 1 is 1.15 bits per heavy atom. The molecular formula is C29H27F3N6O3. The van der Waals surface area contributed by atoms with Crippen molar-refractivity contribution in [3.05, 3.63) is 81.5 Å². The number of nitrogens with zero attached hydrogens (tertiary/aromatic N) is 4. The molecule has 2 N–H and O–H groups in total. The van der Waals surface area contributed by atoms with E-state index in [1.807, 2.05) is 31.2 Å². The van der Waals surface area contributed by atoms with Gasteiger partial charge in [0.1, 0.15) is 6.54 Å². The summed E-state index contributed by atoms with van der Waals surface area (Å²) in [6, 6.07) is 10.1. The van der Waals surface area contributed by atoms with Crippen molar-refractivity contribution in [1.29, 1.82) is 0 Å². The predicted octanol–water partition coefficient (Wildman–Crippen LogP) is 4.55. The van der Waals surface area contributed by atoms with Gasteiger partial charge in [0.25, 0.3) is 5.56 Å². The highest BCUT2D eigenvalue weighted by Crippen LogP contribution is 2.35. The van der Waals surface area contributed by atoms with Crippen molar-refractivity contribution in [1.82, 2.24) is 19.2 Å². The Labute approximate surface area is 232 Å². The summed E-state index contributed by atoms with van der Waals surface area (Å²) >= 11 is 0. The predicted molar refractivity (Wildman–Crippen MR) is 148 cm³/mol. The lowest BCUT2D eigenvalue weighted by Crippen LogP contribution is -2.29. The molecule has 1 amide bonds. The smallest absolute Gasteiger partial charge is 0.384 e. The topological polar surface area (TPSA) is 103 Å². The van der Waals surface area contributed by atoms with E-state index in [9.17, 15) is 22.8 Å². The number of para-hydroxylation sites is 1. The highest BCUT2D eigenvalue weighted by Gasteiger charge is 2.30. The van der Waals surface area contributed by atoms with Crippen LogP contribution in [0.5, 0.6) is 0 Å². The summed E-state index contributed by atoms with van der Waals surface area (Å²) in [5, 5.41) is 10.6. The number of fused-ring (bicyclic) bond motifs is 2. The molecule has 0 unspecified atom stereocenters. The maximum Gasteiger partial charge on any atom is 0.416 e. The highest BCUT2D eigenvalue weighted by atomic mass is 19.4. The third-order valence-corrected chi connectivity index (χ3v) is 7.35. The first-order valence-corrected chi connectivity index (χ1v) is 13.4. The van der Waals surface area contributed by atoms with Gasteiger partial charge >= 0.3 is 6.18 Å². The molecule has 0 aliphatic carbocycles. The molecule has 9 nitrogen and oxygen atoms in total. The molecule has 0 saturated heterocycles. The molecular weight excluding hydrogens is 537 g/mol. The second kappa shape index (κ2) is 10.5. The van der Waals surface area contributed by atoms with Crippen molar-refractivity contribution in [2.24, 2.45) is 0 Å². The van der Waals surface area contributed by atoms with E-state index >= 15 is 0 Å². The molecule has 0 atom stereocenters. The second-order valence-electron chi connectivity index (χ2n) is 9.91. The number of alkyl halides is 3. The van der Waals surface area contributed by atoms with Crippen LogP contribution in [0.25, 0.3) is 22.5 Å². The van der Waals surface area contributed by atoms with Crippen LogP contribution < -0.4 is 16.2 Å². The van der Waals surface area contributed by atoms with E-state index in [0.717, 1.165) is 47.5 Å². The molecule has 0 saturated carbocycles. The Hall–Kier alpha value is -4.45. The zero-order chi connectivity index (χ0) is 28.7. The molecule has 212 valence electrons. The van der Waals surface area contributed by atoms with Gasteiger partial charge in [-0.1, -0.05) is 31.2 Å². The van der Waals surface area contributed by atoms with E-state index in [-0.39, 0.29) is 23.6 Å². The zero-order valence-corrected chi connectivity index (χ0v) is 22.2. The monoisotopic (exact) mass is 564 g/mol.